The van der Waals surface area contributed by atoms with Crippen molar-refractivity contribution in [2.75, 3.05) is 25.4 Å². The highest BCUT2D eigenvalue weighted by Gasteiger charge is 2.43. The zero-order valence-electron chi connectivity index (χ0n) is 22.1. The first-order valence-corrected chi connectivity index (χ1v) is 13.8. The predicted octanol–water partition coefficient (Wildman–Crippen LogP) is 3.92. The van der Waals surface area contributed by atoms with Gasteiger partial charge in [0.25, 0.3) is 0 Å². The molecule has 0 spiro atoms. The van der Waals surface area contributed by atoms with Crippen LogP contribution < -0.4 is 15.4 Å². The number of benzene rings is 3. The minimum absolute atomic E-state index is 0.00221. The summed E-state index contributed by atoms with van der Waals surface area (Å²) in [7, 11) is -1.32. The number of sulfone groups is 1. The Bertz CT molecular complexity index is 1730. The van der Waals surface area contributed by atoms with Crippen molar-refractivity contribution in [3.63, 3.8) is 0 Å². The van der Waals surface area contributed by atoms with Crippen LogP contribution in [0.4, 0.5) is 10.1 Å². The van der Waals surface area contributed by atoms with E-state index >= 15 is 0 Å². The number of carbonyl (C=O) groups excluding carboxylic acids is 2. The summed E-state index contributed by atoms with van der Waals surface area (Å²) in [6.07, 6.45) is 0.962. The minimum Gasteiger partial charge on any atom is -0.466 e. The van der Waals surface area contributed by atoms with Gasteiger partial charge in [0.15, 0.2) is 21.4 Å². The molecule has 0 saturated carbocycles. The molecule has 41 heavy (non-hydrogen) atoms. The first kappa shape index (κ1) is 28.8. The topological polar surface area (TPSA) is 149 Å². The molecule has 3 aromatic rings. The van der Waals surface area contributed by atoms with Gasteiger partial charge in [-0.25, -0.2) is 22.4 Å². The van der Waals surface area contributed by atoms with Gasteiger partial charge in [-0.1, -0.05) is 30.3 Å². The molecule has 0 radical (unpaired) electrons. The second-order valence-electron chi connectivity index (χ2n) is 8.80. The molecule has 3 aromatic carbocycles. The Morgan fingerprint density at radius 1 is 0.976 bits per heavy atom. The SMILES string of the molecule is COC(=O)C1=C(C(=O)OC)N(c2ccc(Oc3ccc(S(C)(=O)=O)cc3F)cc2)C(N)=C(C#N)C1c1ccccc1. The fourth-order valence-corrected chi connectivity index (χ4v) is 5.00. The first-order chi connectivity index (χ1) is 19.5. The van der Waals surface area contributed by atoms with Crippen molar-refractivity contribution < 1.29 is 36.6 Å². The molecule has 10 nitrogen and oxygen atoms in total. The van der Waals surface area contributed by atoms with Crippen LogP contribution in [-0.4, -0.2) is 40.8 Å². The van der Waals surface area contributed by atoms with Crippen molar-refractivity contribution >= 4 is 27.5 Å². The van der Waals surface area contributed by atoms with Crippen molar-refractivity contribution in [1.82, 2.24) is 0 Å². The van der Waals surface area contributed by atoms with Crippen molar-refractivity contribution in [1.29, 1.82) is 5.26 Å². The summed E-state index contributed by atoms with van der Waals surface area (Å²) < 4.78 is 53.5. The van der Waals surface area contributed by atoms with Gasteiger partial charge in [0.1, 0.15) is 17.3 Å². The van der Waals surface area contributed by atoms with Gasteiger partial charge in [-0.3, -0.25) is 4.90 Å². The summed E-state index contributed by atoms with van der Waals surface area (Å²) in [4.78, 5) is 27.3. The first-order valence-electron chi connectivity index (χ1n) is 11.9. The van der Waals surface area contributed by atoms with Crippen LogP contribution in [0.15, 0.2) is 100 Å². The van der Waals surface area contributed by atoms with Gasteiger partial charge in [0.05, 0.1) is 42.2 Å². The van der Waals surface area contributed by atoms with Crippen molar-refractivity contribution in [2.24, 2.45) is 5.73 Å². The Morgan fingerprint density at radius 3 is 2.15 bits per heavy atom. The van der Waals surface area contributed by atoms with Crippen LogP contribution in [0.1, 0.15) is 11.5 Å². The minimum atomic E-state index is -3.61. The fourth-order valence-electron chi connectivity index (χ4n) is 4.37. The third-order valence-corrected chi connectivity index (χ3v) is 7.37. The largest absolute Gasteiger partial charge is 0.466 e. The van der Waals surface area contributed by atoms with Crippen LogP contribution in [0.2, 0.25) is 0 Å². The molecule has 0 saturated heterocycles. The molecule has 210 valence electrons. The molecule has 1 aliphatic heterocycles. The maximum Gasteiger partial charge on any atom is 0.355 e. The monoisotopic (exact) mass is 577 g/mol. The number of nitrogens with two attached hydrogens (primary N) is 1. The lowest BCUT2D eigenvalue weighted by Gasteiger charge is -2.35. The number of rotatable bonds is 7. The zero-order valence-corrected chi connectivity index (χ0v) is 22.9. The van der Waals surface area contributed by atoms with E-state index in [1.165, 1.54) is 41.3 Å². The van der Waals surface area contributed by atoms with E-state index in [1.807, 2.05) is 0 Å². The van der Waals surface area contributed by atoms with Crippen LogP contribution in [0.5, 0.6) is 11.5 Å². The number of ether oxygens (including phenoxy) is 3. The molecule has 12 heteroatoms. The smallest absolute Gasteiger partial charge is 0.355 e. The molecule has 0 amide bonds. The van der Waals surface area contributed by atoms with Crippen molar-refractivity contribution in [3.8, 4) is 17.6 Å². The van der Waals surface area contributed by atoms with E-state index in [9.17, 15) is 27.7 Å². The van der Waals surface area contributed by atoms with Crippen LogP contribution in [0.25, 0.3) is 0 Å². The molecular formula is C29H24FN3O7S. The number of hydrogen-bond acceptors (Lipinski definition) is 10. The number of carbonyl (C=O) groups is 2. The zero-order chi connectivity index (χ0) is 29.9. The second kappa shape index (κ2) is 11.5. The van der Waals surface area contributed by atoms with Gasteiger partial charge in [-0.2, -0.15) is 5.26 Å². The Balaban J connectivity index is 1.81. The number of nitriles is 1. The summed E-state index contributed by atoms with van der Waals surface area (Å²) in [6.45, 7) is 0. The van der Waals surface area contributed by atoms with Crippen molar-refractivity contribution in [2.45, 2.75) is 10.8 Å². The van der Waals surface area contributed by atoms with Crippen LogP contribution >= 0.6 is 0 Å². The normalized spacial score (nSPS) is 15.3. The van der Waals surface area contributed by atoms with E-state index in [0.29, 0.717) is 5.56 Å². The lowest BCUT2D eigenvalue weighted by Crippen LogP contribution is -2.40. The summed E-state index contributed by atoms with van der Waals surface area (Å²) in [5.41, 5.74) is 6.85. The average molecular weight is 578 g/mol. The van der Waals surface area contributed by atoms with Gasteiger partial charge in [0, 0.05) is 11.9 Å². The molecule has 2 N–H and O–H groups in total. The van der Waals surface area contributed by atoms with Gasteiger partial charge in [-0.15, -0.1) is 0 Å². The van der Waals surface area contributed by atoms with Crippen LogP contribution in [-0.2, 0) is 28.9 Å². The lowest BCUT2D eigenvalue weighted by atomic mass is 9.81. The standard InChI is InChI=1S/C29H24FN3O7S/c1-38-28(34)25-24(17-7-5-4-6-8-17)21(16-31)27(32)33(26(25)29(35)39-2)18-9-11-19(12-10-18)40-23-14-13-20(15-22(23)30)41(3,36)37/h4-15,24H,32H2,1-3H3. The predicted molar refractivity (Wildman–Crippen MR) is 146 cm³/mol. The number of hydrogen-bond donors (Lipinski definition) is 1. The summed E-state index contributed by atoms with van der Waals surface area (Å²) in [5, 5.41) is 10.1. The Labute approximate surface area is 235 Å². The van der Waals surface area contributed by atoms with E-state index in [4.69, 9.17) is 19.9 Å². The van der Waals surface area contributed by atoms with E-state index in [-0.39, 0.29) is 44.7 Å². The van der Waals surface area contributed by atoms with Gasteiger partial charge >= 0.3 is 11.9 Å². The third kappa shape index (κ3) is 5.61. The number of methoxy groups -OCH3 is 2. The molecule has 0 bridgehead atoms. The summed E-state index contributed by atoms with van der Waals surface area (Å²) in [6, 6.07) is 19.7. The van der Waals surface area contributed by atoms with Gasteiger partial charge in [0.2, 0.25) is 0 Å². The molecule has 4 rings (SSSR count). The molecule has 1 unspecified atom stereocenters. The number of anilines is 1. The quantitative estimate of drug-likeness (QED) is 0.410. The van der Waals surface area contributed by atoms with Gasteiger partial charge in [-0.05, 0) is 48.0 Å². The number of esters is 2. The summed E-state index contributed by atoms with van der Waals surface area (Å²) >= 11 is 0. The number of halogens is 1. The van der Waals surface area contributed by atoms with E-state index in [1.54, 1.807) is 30.3 Å². The molecular weight excluding hydrogens is 553 g/mol. The fraction of sp³-hybridized carbons (Fsp3) is 0.138. The molecule has 1 aliphatic rings. The number of nitrogens with zero attached hydrogens (tertiary/aromatic N) is 2. The molecule has 0 aliphatic carbocycles. The second-order valence-corrected chi connectivity index (χ2v) is 10.8. The number of allylic oxidation sites excluding steroid dienone is 1. The van der Waals surface area contributed by atoms with E-state index < -0.39 is 33.5 Å². The van der Waals surface area contributed by atoms with E-state index in [0.717, 1.165) is 26.5 Å². The molecule has 0 fully saturated rings. The maximum absolute atomic E-state index is 14.5. The Kier molecular flexibility index (Phi) is 8.11. The Hall–Kier alpha value is -5.15. The molecule has 1 heterocycles. The van der Waals surface area contributed by atoms with Crippen LogP contribution in [0, 0.1) is 17.1 Å². The highest BCUT2D eigenvalue weighted by Crippen LogP contribution is 2.43. The van der Waals surface area contributed by atoms with E-state index in [2.05, 4.69) is 6.07 Å². The highest BCUT2D eigenvalue weighted by atomic mass is 32.2. The highest BCUT2D eigenvalue weighted by molar-refractivity contribution is 7.90. The maximum atomic E-state index is 14.5. The molecule has 0 aromatic heterocycles. The summed E-state index contributed by atoms with van der Waals surface area (Å²) in [5.74, 6) is -3.84. The average Bonchev–Trinajstić information content (AvgIpc) is 2.97. The van der Waals surface area contributed by atoms with Crippen LogP contribution in [0.3, 0.4) is 0 Å². The third-order valence-electron chi connectivity index (χ3n) is 6.26. The lowest BCUT2D eigenvalue weighted by molar-refractivity contribution is -0.139. The van der Waals surface area contributed by atoms with Crippen molar-refractivity contribution in [3.05, 3.63) is 107 Å². The Morgan fingerprint density at radius 2 is 1.61 bits per heavy atom. The molecule has 1 atom stereocenters. The van der Waals surface area contributed by atoms with Gasteiger partial charge < -0.3 is 19.9 Å².